The molecule has 202 valence electrons. The SMILES string of the molecule is CCOC(=O)CCN(C(=O)Oc1ccc2[nH]c(CN(C)c3ccc(C(=N)N)cc3)nc2c1C)c1cccnc1. The maximum Gasteiger partial charge on any atom is 0.419 e. The van der Waals surface area contributed by atoms with Gasteiger partial charge in [0.1, 0.15) is 17.4 Å². The molecular weight excluding hydrogens is 498 g/mol. The van der Waals surface area contributed by atoms with Crippen LogP contribution in [-0.4, -0.2) is 53.0 Å². The van der Waals surface area contributed by atoms with Crippen LogP contribution < -0.4 is 20.3 Å². The highest BCUT2D eigenvalue weighted by molar-refractivity contribution is 5.95. The number of nitrogens with zero attached hydrogens (tertiary/aromatic N) is 4. The summed E-state index contributed by atoms with van der Waals surface area (Å²) in [6, 6.07) is 14.4. The molecule has 0 saturated carbocycles. The lowest BCUT2D eigenvalue weighted by Crippen LogP contribution is -2.35. The molecule has 0 radical (unpaired) electrons. The Morgan fingerprint density at radius 2 is 1.87 bits per heavy atom. The van der Waals surface area contributed by atoms with E-state index >= 15 is 0 Å². The number of ether oxygens (including phenoxy) is 2. The fraction of sp³-hybridized carbons (Fsp3) is 0.250. The normalized spacial score (nSPS) is 10.7. The van der Waals surface area contributed by atoms with Gasteiger partial charge in [0.25, 0.3) is 0 Å². The molecule has 0 saturated heterocycles. The Balaban J connectivity index is 1.51. The van der Waals surface area contributed by atoms with Gasteiger partial charge < -0.3 is 25.1 Å². The van der Waals surface area contributed by atoms with Gasteiger partial charge in [-0.1, -0.05) is 0 Å². The Kier molecular flexibility index (Phi) is 8.40. The summed E-state index contributed by atoms with van der Waals surface area (Å²) in [5, 5.41) is 7.55. The predicted molar refractivity (Wildman–Crippen MR) is 149 cm³/mol. The number of esters is 1. The van der Waals surface area contributed by atoms with E-state index in [4.69, 9.17) is 25.6 Å². The molecule has 4 aromatic rings. The number of hydrogen-bond donors (Lipinski definition) is 3. The third kappa shape index (κ3) is 6.50. The summed E-state index contributed by atoms with van der Waals surface area (Å²) in [7, 11) is 1.94. The van der Waals surface area contributed by atoms with Gasteiger partial charge in [0.15, 0.2) is 0 Å². The van der Waals surface area contributed by atoms with Crippen molar-refractivity contribution in [3.8, 4) is 5.75 Å². The van der Waals surface area contributed by atoms with E-state index in [0.717, 1.165) is 17.0 Å². The number of aromatic amines is 1. The highest BCUT2D eigenvalue weighted by Crippen LogP contribution is 2.28. The van der Waals surface area contributed by atoms with Gasteiger partial charge in [0, 0.05) is 36.6 Å². The number of imidazole rings is 1. The van der Waals surface area contributed by atoms with Gasteiger partial charge in [-0.25, -0.2) is 9.78 Å². The molecular formula is C28H31N7O4. The summed E-state index contributed by atoms with van der Waals surface area (Å²) in [6.07, 6.45) is 2.51. The topological polar surface area (TPSA) is 151 Å². The maximum absolute atomic E-state index is 13.2. The number of anilines is 2. The van der Waals surface area contributed by atoms with Crippen LogP contribution in [0.5, 0.6) is 5.75 Å². The first-order valence-electron chi connectivity index (χ1n) is 12.5. The molecule has 0 aliphatic rings. The van der Waals surface area contributed by atoms with Crippen molar-refractivity contribution in [2.75, 3.05) is 30.0 Å². The molecule has 0 unspecified atom stereocenters. The smallest absolute Gasteiger partial charge is 0.419 e. The number of pyridine rings is 1. The number of nitrogens with one attached hydrogen (secondary N) is 2. The third-order valence-electron chi connectivity index (χ3n) is 6.13. The van der Waals surface area contributed by atoms with Crippen molar-refractivity contribution in [3.63, 3.8) is 0 Å². The number of fused-ring (bicyclic) bond motifs is 1. The predicted octanol–water partition coefficient (Wildman–Crippen LogP) is 4.15. The second kappa shape index (κ2) is 12.1. The van der Waals surface area contributed by atoms with Gasteiger partial charge in [0.2, 0.25) is 0 Å². The minimum Gasteiger partial charge on any atom is -0.466 e. The van der Waals surface area contributed by atoms with E-state index in [-0.39, 0.29) is 25.4 Å². The van der Waals surface area contributed by atoms with Crippen LogP contribution in [0.1, 0.15) is 30.3 Å². The van der Waals surface area contributed by atoms with E-state index in [0.29, 0.717) is 34.6 Å². The van der Waals surface area contributed by atoms with Crippen molar-refractivity contribution in [1.29, 1.82) is 5.41 Å². The number of rotatable bonds is 10. The average molecular weight is 530 g/mol. The Labute approximate surface area is 226 Å². The van der Waals surface area contributed by atoms with Gasteiger partial charge in [-0.3, -0.25) is 20.1 Å². The fourth-order valence-electron chi connectivity index (χ4n) is 4.07. The van der Waals surface area contributed by atoms with Crippen LogP contribution in [0.25, 0.3) is 11.0 Å². The molecule has 0 bridgehead atoms. The summed E-state index contributed by atoms with van der Waals surface area (Å²) in [5.74, 6) is 0.724. The van der Waals surface area contributed by atoms with Crippen molar-refractivity contribution in [3.05, 3.63) is 77.9 Å². The standard InChI is InChI=1S/C28H31N7O4/c1-4-38-25(36)13-15-35(21-6-5-14-31-16-21)28(37)39-23-12-11-22-26(18(23)2)33-24(32-22)17-34(3)20-9-7-19(8-10-20)27(29)30/h5-12,14,16H,4,13,15,17H2,1-3H3,(H3,29,30)(H,32,33). The van der Waals surface area contributed by atoms with E-state index < -0.39 is 12.1 Å². The van der Waals surface area contributed by atoms with Crippen LogP contribution in [0.3, 0.4) is 0 Å². The molecule has 1 amide bonds. The lowest BCUT2D eigenvalue weighted by Gasteiger charge is -2.22. The van der Waals surface area contributed by atoms with Crippen LogP contribution >= 0.6 is 0 Å². The number of carbonyl (C=O) groups excluding carboxylic acids is 2. The Bertz CT molecular complexity index is 1470. The Morgan fingerprint density at radius 1 is 1.10 bits per heavy atom. The summed E-state index contributed by atoms with van der Waals surface area (Å²) >= 11 is 0. The summed E-state index contributed by atoms with van der Waals surface area (Å²) in [4.78, 5) is 40.7. The van der Waals surface area contributed by atoms with Crippen LogP contribution in [0.4, 0.5) is 16.2 Å². The second-order valence-electron chi connectivity index (χ2n) is 8.87. The Morgan fingerprint density at radius 3 is 2.54 bits per heavy atom. The van der Waals surface area contributed by atoms with E-state index in [2.05, 4.69) is 9.97 Å². The molecule has 2 aromatic heterocycles. The molecule has 39 heavy (non-hydrogen) atoms. The van der Waals surface area contributed by atoms with Gasteiger partial charge in [-0.05, 0) is 62.4 Å². The maximum atomic E-state index is 13.2. The molecule has 4 rings (SSSR count). The number of carbonyl (C=O) groups is 2. The molecule has 11 nitrogen and oxygen atoms in total. The number of aryl methyl sites for hydroxylation is 1. The van der Waals surface area contributed by atoms with Gasteiger partial charge in [-0.15, -0.1) is 0 Å². The van der Waals surface area contributed by atoms with E-state index in [1.807, 2.05) is 37.1 Å². The first kappa shape index (κ1) is 27.1. The largest absolute Gasteiger partial charge is 0.466 e. The summed E-state index contributed by atoms with van der Waals surface area (Å²) < 4.78 is 10.8. The first-order chi connectivity index (χ1) is 18.8. The number of amidine groups is 1. The lowest BCUT2D eigenvalue weighted by molar-refractivity contribution is -0.142. The van der Waals surface area contributed by atoms with Gasteiger partial charge in [-0.2, -0.15) is 0 Å². The number of H-pyrrole nitrogens is 1. The minimum absolute atomic E-state index is 0.0174. The van der Waals surface area contributed by atoms with Crippen molar-refractivity contribution < 1.29 is 19.1 Å². The van der Waals surface area contributed by atoms with E-state index in [1.54, 1.807) is 43.5 Å². The van der Waals surface area contributed by atoms with Crippen LogP contribution in [-0.2, 0) is 16.1 Å². The van der Waals surface area contributed by atoms with Crippen molar-refractivity contribution in [2.45, 2.75) is 26.8 Å². The third-order valence-corrected chi connectivity index (χ3v) is 6.13. The number of nitrogen functional groups attached to an aromatic ring is 1. The summed E-state index contributed by atoms with van der Waals surface area (Å²) in [6.45, 7) is 4.42. The monoisotopic (exact) mass is 529 g/mol. The number of hydrogen-bond acceptors (Lipinski definition) is 8. The summed E-state index contributed by atoms with van der Waals surface area (Å²) in [5.41, 5.74) is 9.87. The zero-order valence-corrected chi connectivity index (χ0v) is 22.1. The number of benzene rings is 2. The molecule has 0 aliphatic carbocycles. The molecule has 0 fully saturated rings. The highest BCUT2D eigenvalue weighted by Gasteiger charge is 2.22. The lowest BCUT2D eigenvalue weighted by atomic mass is 10.2. The number of nitrogens with two attached hydrogens (primary N) is 1. The molecule has 4 N–H and O–H groups in total. The van der Waals surface area contributed by atoms with Crippen molar-refractivity contribution in [1.82, 2.24) is 15.0 Å². The average Bonchev–Trinajstić information content (AvgIpc) is 3.34. The quantitative estimate of drug-likeness (QED) is 0.158. The molecule has 0 spiro atoms. The molecule has 0 aliphatic heterocycles. The second-order valence-corrected chi connectivity index (χ2v) is 8.87. The molecule has 11 heteroatoms. The number of amides is 1. The first-order valence-corrected chi connectivity index (χ1v) is 12.5. The fourth-order valence-corrected chi connectivity index (χ4v) is 4.07. The van der Waals surface area contributed by atoms with Crippen molar-refractivity contribution >= 4 is 40.3 Å². The zero-order valence-electron chi connectivity index (χ0n) is 22.1. The van der Waals surface area contributed by atoms with Crippen LogP contribution in [0.15, 0.2) is 60.9 Å². The molecule has 2 aromatic carbocycles. The number of aromatic nitrogens is 3. The highest BCUT2D eigenvalue weighted by atomic mass is 16.6. The van der Waals surface area contributed by atoms with Crippen LogP contribution in [0, 0.1) is 12.3 Å². The van der Waals surface area contributed by atoms with Gasteiger partial charge in [0.05, 0.1) is 42.5 Å². The van der Waals surface area contributed by atoms with E-state index in [1.165, 1.54) is 11.1 Å². The Hall–Kier alpha value is -4.93. The molecule has 0 atom stereocenters. The van der Waals surface area contributed by atoms with Gasteiger partial charge >= 0.3 is 12.1 Å². The van der Waals surface area contributed by atoms with E-state index in [9.17, 15) is 9.59 Å². The van der Waals surface area contributed by atoms with Crippen molar-refractivity contribution in [2.24, 2.45) is 5.73 Å². The minimum atomic E-state index is -0.640. The van der Waals surface area contributed by atoms with Crippen LogP contribution in [0.2, 0.25) is 0 Å². The molecule has 2 heterocycles. The zero-order chi connectivity index (χ0) is 27.9.